The molecule has 0 spiro atoms. The molecule has 0 aliphatic carbocycles. The van der Waals surface area contributed by atoms with Gasteiger partial charge in [0, 0.05) is 19.1 Å². The molecule has 1 N–H and O–H groups in total. The zero-order valence-electron chi connectivity index (χ0n) is 15.7. The molecular formula is C20H29N3O2S. The average Bonchev–Trinajstić information content (AvgIpc) is 3.06. The number of benzene rings is 1. The Kier molecular flexibility index (Phi) is 7.00. The van der Waals surface area contributed by atoms with E-state index < -0.39 is 0 Å². The second-order valence-electron chi connectivity index (χ2n) is 7.19. The lowest BCUT2D eigenvalue weighted by molar-refractivity contribution is -0.122. The van der Waals surface area contributed by atoms with E-state index in [0.717, 1.165) is 37.9 Å². The number of thiazole rings is 1. The Morgan fingerprint density at radius 2 is 2.12 bits per heavy atom. The van der Waals surface area contributed by atoms with Crippen molar-refractivity contribution in [1.82, 2.24) is 15.2 Å². The Labute approximate surface area is 159 Å². The number of para-hydroxylation sites is 1. The second-order valence-corrected chi connectivity index (χ2v) is 8.26. The highest BCUT2D eigenvalue weighted by molar-refractivity contribution is 7.18. The van der Waals surface area contributed by atoms with E-state index in [1.165, 1.54) is 9.71 Å². The van der Waals surface area contributed by atoms with Crippen molar-refractivity contribution in [3.63, 3.8) is 0 Å². The number of piperidine rings is 1. The van der Waals surface area contributed by atoms with Gasteiger partial charge in [0.25, 0.3) is 0 Å². The number of aromatic nitrogens is 1. The van der Waals surface area contributed by atoms with Crippen molar-refractivity contribution in [2.24, 2.45) is 0 Å². The van der Waals surface area contributed by atoms with Crippen molar-refractivity contribution in [1.29, 1.82) is 0 Å². The first-order valence-electron chi connectivity index (χ1n) is 9.58. The van der Waals surface area contributed by atoms with Crippen molar-refractivity contribution in [2.75, 3.05) is 32.8 Å². The lowest BCUT2D eigenvalue weighted by Crippen LogP contribution is -2.41. The average molecular weight is 376 g/mol. The Morgan fingerprint density at radius 3 is 2.85 bits per heavy atom. The van der Waals surface area contributed by atoms with Crippen LogP contribution in [0.4, 0.5) is 0 Å². The number of amides is 1. The summed E-state index contributed by atoms with van der Waals surface area (Å²) in [6, 6.07) is 8.34. The maximum absolute atomic E-state index is 12.1. The van der Waals surface area contributed by atoms with Gasteiger partial charge in [-0.1, -0.05) is 12.1 Å². The minimum Gasteiger partial charge on any atom is -0.379 e. The number of hydrogen-bond donors (Lipinski definition) is 1. The zero-order chi connectivity index (χ0) is 18.4. The molecule has 1 fully saturated rings. The lowest BCUT2D eigenvalue weighted by Gasteiger charge is -2.30. The third-order valence-corrected chi connectivity index (χ3v) is 5.91. The quantitative estimate of drug-likeness (QED) is 0.719. The molecule has 0 atom stereocenters. The van der Waals surface area contributed by atoms with Gasteiger partial charge in [-0.15, -0.1) is 11.3 Å². The predicted molar refractivity (Wildman–Crippen MR) is 107 cm³/mol. The lowest BCUT2D eigenvalue weighted by atomic mass is 9.97. The molecular weight excluding hydrogens is 346 g/mol. The molecule has 1 amide bonds. The van der Waals surface area contributed by atoms with Gasteiger partial charge in [-0.05, 0) is 58.3 Å². The van der Waals surface area contributed by atoms with Crippen LogP contribution in [0, 0.1) is 0 Å². The number of nitrogens with zero attached hydrogens (tertiary/aromatic N) is 2. The van der Waals surface area contributed by atoms with E-state index in [9.17, 15) is 4.79 Å². The summed E-state index contributed by atoms with van der Waals surface area (Å²) >= 11 is 1.82. The van der Waals surface area contributed by atoms with E-state index in [0.29, 0.717) is 25.6 Å². The summed E-state index contributed by atoms with van der Waals surface area (Å²) in [6.45, 7) is 7.86. The Hall–Kier alpha value is -1.50. The minimum atomic E-state index is 0.119. The number of carbonyl (C=O) groups is 1. The SMILES string of the molecule is CC(C)OCCCNC(=O)CN1CCC(c2nc3ccccc3s2)CC1. The highest BCUT2D eigenvalue weighted by Crippen LogP contribution is 2.33. The highest BCUT2D eigenvalue weighted by atomic mass is 32.1. The number of likely N-dealkylation sites (tertiary alicyclic amines) is 1. The topological polar surface area (TPSA) is 54.5 Å². The zero-order valence-corrected chi connectivity index (χ0v) is 16.6. The van der Waals surface area contributed by atoms with Crippen molar-refractivity contribution < 1.29 is 9.53 Å². The van der Waals surface area contributed by atoms with Gasteiger partial charge >= 0.3 is 0 Å². The fourth-order valence-electron chi connectivity index (χ4n) is 3.28. The van der Waals surface area contributed by atoms with E-state index in [1.807, 2.05) is 31.3 Å². The molecule has 0 bridgehead atoms. The molecule has 0 radical (unpaired) electrons. The summed E-state index contributed by atoms with van der Waals surface area (Å²) in [7, 11) is 0. The number of rotatable bonds is 8. The van der Waals surface area contributed by atoms with E-state index in [4.69, 9.17) is 9.72 Å². The third-order valence-electron chi connectivity index (χ3n) is 4.71. The standard InChI is InChI=1S/C20H29N3O2S/c1-15(2)25-13-5-10-21-19(24)14-23-11-8-16(9-12-23)20-22-17-6-3-4-7-18(17)26-20/h3-4,6-7,15-16H,5,8-14H2,1-2H3,(H,21,24). The van der Waals surface area contributed by atoms with E-state index in [-0.39, 0.29) is 12.0 Å². The molecule has 0 unspecified atom stereocenters. The molecule has 5 nitrogen and oxygen atoms in total. The summed E-state index contributed by atoms with van der Waals surface area (Å²) < 4.78 is 6.75. The molecule has 1 aromatic heterocycles. The molecule has 2 heterocycles. The van der Waals surface area contributed by atoms with Gasteiger partial charge in [0.15, 0.2) is 0 Å². The van der Waals surface area contributed by atoms with Crippen LogP contribution in [0.3, 0.4) is 0 Å². The number of nitrogens with one attached hydrogen (secondary N) is 1. The first kappa shape index (κ1) is 19.3. The molecule has 0 saturated carbocycles. The number of ether oxygens (including phenoxy) is 1. The van der Waals surface area contributed by atoms with Crippen LogP contribution in [0.2, 0.25) is 0 Å². The van der Waals surface area contributed by atoms with Crippen molar-refractivity contribution >= 4 is 27.5 Å². The van der Waals surface area contributed by atoms with Gasteiger partial charge in [-0.25, -0.2) is 4.98 Å². The third kappa shape index (κ3) is 5.50. The van der Waals surface area contributed by atoms with Crippen LogP contribution >= 0.6 is 11.3 Å². The first-order chi connectivity index (χ1) is 12.6. The van der Waals surface area contributed by atoms with Crippen LogP contribution in [0.5, 0.6) is 0 Å². The number of carbonyl (C=O) groups excluding carboxylic acids is 1. The highest BCUT2D eigenvalue weighted by Gasteiger charge is 2.24. The summed E-state index contributed by atoms with van der Waals surface area (Å²) in [5, 5.41) is 4.24. The van der Waals surface area contributed by atoms with Crippen molar-refractivity contribution in [2.45, 2.75) is 45.1 Å². The number of fused-ring (bicyclic) bond motifs is 1. The van der Waals surface area contributed by atoms with Crippen LogP contribution < -0.4 is 5.32 Å². The number of hydrogen-bond acceptors (Lipinski definition) is 5. The Bertz CT molecular complexity index is 675. The molecule has 26 heavy (non-hydrogen) atoms. The molecule has 2 aromatic rings. The van der Waals surface area contributed by atoms with E-state index in [1.54, 1.807) is 0 Å². The Balaban J connectivity index is 1.37. The fraction of sp³-hybridized carbons (Fsp3) is 0.600. The second kappa shape index (κ2) is 9.44. The van der Waals surface area contributed by atoms with E-state index >= 15 is 0 Å². The van der Waals surface area contributed by atoms with E-state index in [2.05, 4.69) is 28.4 Å². The maximum Gasteiger partial charge on any atom is 0.234 e. The molecule has 1 aromatic carbocycles. The molecule has 1 aliphatic heterocycles. The van der Waals surface area contributed by atoms with Crippen LogP contribution in [-0.2, 0) is 9.53 Å². The Morgan fingerprint density at radius 1 is 1.35 bits per heavy atom. The molecule has 142 valence electrons. The molecule has 6 heteroatoms. The molecule has 1 saturated heterocycles. The molecule has 3 rings (SSSR count). The fourth-order valence-corrected chi connectivity index (χ4v) is 4.42. The van der Waals surface area contributed by atoms with Crippen molar-refractivity contribution in [3.8, 4) is 0 Å². The summed E-state index contributed by atoms with van der Waals surface area (Å²) in [5.41, 5.74) is 1.11. The van der Waals surface area contributed by atoms with Crippen LogP contribution in [0.15, 0.2) is 24.3 Å². The van der Waals surface area contributed by atoms with Gasteiger partial charge in [0.05, 0.1) is 27.9 Å². The van der Waals surface area contributed by atoms with Crippen LogP contribution in [0.1, 0.15) is 44.0 Å². The minimum absolute atomic E-state index is 0.119. The van der Waals surface area contributed by atoms with Gasteiger partial charge < -0.3 is 10.1 Å². The monoisotopic (exact) mass is 375 g/mol. The maximum atomic E-state index is 12.1. The van der Waals surface area contributed by atoms with Gasteiger partial charge in [0.1, 0.15) is 0 Å². The van der Waals surface area contributed by atoms with Gasteiger partial charge in [0.2, 0.25) is 5.91 Å². The largest absolute Gasteiger partial charge is 0.379 e. The normalized spacial score (nSPS) is 16.4. The smallest absolute Gasteiger partial charge is 0.234 e. The summed E-state index contributed by atoms with van der Waals surface area (Å²) in [4.78, 5) is 19.1. The predicted octanol–water partition coefficient (Wildman–Crippen LogP) is 3.41. The molecule has 1 aliphatic rings. The summed E-state index contributed by atoms with van der Waals surface area (Å²) in [6.07, 6.45) is 3.27. The van der Waals surface area contributed by atoms with Gasteiger partial charge in [-0.3, -0.25) is 9.69 Å². The van der Waals surface area contributed by atoms with Crippen LogP contribution in [-0.4, -0.2) is 54.7 Å². The van der Waals surface area contributed by atoms with Gasteiger partial charge in [-0.2, -0.15) is 0 Å². The first-order valence-corrected chi connectivity index (χ1v) is 10.4. The van der Waals surface area contributed by atoms with Crippen molar-refractivity contribution in [3.05, 3.63) is 29.3 Å². The van der Waals surface area contributed by atoms with Crippen LogP contribution in [0.25, 0.3) is 10.2 Å². The summed E-state index contributed by atoms with van der Waals surface area (Å²) in [5.74, 6) is 0.646.